The van der Waals surface area contributed by atoms with Crippen LogP contribution in [0.3, 0.4) is 0 Å². The fourth-order valence-corrected chi connectivity index (χ4v) is 1.89. The molecular weight excluding hydrogens is 296 g/mol. The van der Waals surface area contributed by atoms with E-state index in [-0.39, 0.29) is 5.96 Å². The summed E-state index contributed by atoms with van der Waals surface area (Å²) in [4.78, 5) is 0. The first-order chi connectivity index (χ1) is 8.66. The van der Waals surface area contributed by atoms with E-state index in [1.54, 1.807) is 6.21 Å². The van der Waals surface area contributed by atoms with Crippen molar-refractivity contribution in [1.29, 1.82) is 0 Å². The second kappa shape index (κ2) is 5.50. The quantitative estimate of drug-likeness (QED) is 0.435. The molecule has 1 aromatic carbocycles. The van der Waals surface area contributed by atoms with Gasteiger partial charge in [0.25, 0.3) is 5.96 Å². The lowest BCUT2D eigenvalue weighted by Crippen LogP contribution is -2.63. The van der Waals surface area contributed by atoms with Crippen LogP contribution in [0.15, 0.2) is 50.4 Å². The Morgan fingerprint density at radius 1 is 1.22 bits per heavy atom. The molecule has 0 aliphatic heterocycles. The largest absolute Gasteiger partial charge is 0.450 e. The van der Waals surface area contributed by atoms with E-state index in [0.717, 1.165) is 15.8 Å². The second-order valence-electron chi connectivity index (χ2n) is 3.49. The Bertz CT molecular complexity index is 600. The number of nitrogens with zero attached hydrogens (tertiary/aromatic N) is 1. The van der Waals surface area contributed by atoms with E-state index >= 15 is 0 Å². The predicted octanol–water partition coefficient (Wildman–Crippen LogP) is 0.397. The third kappa shape index (κ3) is 2.98. The first-order valence-corrected chi connectivity index (χ1v) is 5.98. The molecule has 0 spiro atoms. The summed E-state index contributed by atoms with van der Waals surface area (Å²) in [6, 6.07) is 11.5. The Hall–Kier alpha value is -2.08. The van der Waals surface area contributed by atoms with Crippen molar-refractivity contribution in [3.63, 3.8) is 0 Å². The number of guanidine groups is 1. The minimum atomic E-state index is -0.0381. The summed E-state index contributed by atoms with van der Waals surface area (Å²) >= 11 is 3.47. The summed E-state index contributed by atoms with van der Waals surface area (Å²) in [5.41, 5.74) is 11.3. The molecule has 1 aromatic heterocycles. The molecule has 0 atom stereocenters. The van der Waals surface area contributed by atoms with Gasteiger partial charge in [0.05, 0.1) is 0 Å². The van der Waals surface area contributed by atoms with Gasteiger partial charge in [0.15, 0.2) is 5.76 Å². The molecule has 5 N–H and O–H groups in total. The summed E-state index contributed by atoms with van der Waals surface area (Å²) < 4.78 is 6.61. The molecule has 0 radical (unpaired) electrons. The Labute approximate surface area is 112 Å². The number of hydrogen-bond acceptors (Lipinski definition) is 2. The molecule has 2 rings (SSSR count). The van der Waals surface area contributed by atoms with Crippen molar-refractivity contribution in [3.8, 4) is 11.3 Å². The van der Waals surface area contributed by atoms with Crippen molar-refractivity contribution < 1.29 is 9.52 Å². The minimum Gasteiger partial charge on any atom is -0.450 e. The third-order valence-electron chi connectivity index (χ3n) is 2.17. The van der Waals surface area contributed by atoms with Crippen LogP contribution in [0, 0.1) is 0 Å². The zero-order chi connectivity index (χ0) is 13.0. The first kappa shape index (κ1) is 12.4. The number of nitrogens with two attached hydrogens (primary N) is 2. The SMILES string of the molecule is NC(N)=N/[NH+]=C\c1ccc(-c2ccccc2Br)o1. The number of nitrogens with one attached hydrogen (secondary N) is 1. The van der Waals surface area contributed by atoms with Gasteiger partial charge in [-0.2, -0.15) is 0 Å². The van der Waals surface area contributed by atoms with Crippen molar-refractivity contribution >= 4 is 28.1 Å². The van der Waals surface area contributed by atoms with Crippen molar-refractivity contribution in [1.82, 2.24) is 0 Å². The monoisotopic (exact) mass is 307 g/mol. The van der Waals surface area contributed by atoms with Crippen LogP contribution < -0.4 is 16.6 Å². The number of hydrogen-bond donors (Lipinski definition) is 3. The molecule has 18 heavy (non-hydrogen) atoms. The average molecular weight is 308 g/mol. The lowest BCUT2D eigenvalue weighted by molar-refractivity contribution is -0.457. The second-order valence-corrected chi connectivity index (χ2v) is 4.35. The van der Waals surface area contributed by atoms with Crippen molar-refractivity contribution in [2.45, 2.75) is 0 Å². The highest BCUT2D eigenvalue weighted by Gasteiger charge is 2.07. The van der Waals surface area contributed by atoms with Crippen LogP contribution in [0.4, 0.5) is 0 Å². The van der Waals surface area contributed by atoms with Crippen LogP contribution in [-0.4, -0.2) is 12.2 Å². The van der Waals surface area contributed by atoms with Crippen LogP contribution in [-0.2, 0) is 0 Å². The maximum atomic E-state index is 5.63. The van der Waals surface area contributed by atoms with Crippen molar-refractivity contribution in [2.24, 2.45) is 16.6 Å². The highest BCUT2D eigenvalue weighted by Crippen LogP contribution is 2.28. The summed E-state index contributed by atoms with van der Waals surface area (Å²) in [7, 11) is 0. The third-order valence-corrected chi connectivity index (χ3v) is 2.86. The lowest BCUT2D eigenvalue weighted by atomic mass is 10.2. The molecule has 6 heteroatoms. The van der Waals surface area contributed by atoms with Crippen LogP contribution >= 0.6 is 15.9 Å². The van der Waals surface area contributed by atoms with Gasteiger partial charge in [0, 0.05) is 15.1 Å². The van der Waals surface area contributed by atoms with Gasteiger partial charge in [0.1, 0.15) is 5.76 Å². The summed E-state index contributed by atoms with van der Waals surface area (Å²) in [6.07, 6.45) is 1.57. The van der Waals surface area contributed by atoms with Crippen LogP contribution in [0.5, 0.6) is 0 Å². The van der Waals surface area contributed by atoms with Crippen LogP contribution in [0.25, 0.3) is 11.3 Å². The van der Waals surface area contributed by atoms with Crippen LogP contribution in [0.2, 0.25) is 0 Å². The molecule has 5 nitrogen and oxygen atoms in total. The van der Waals surface area contributed by atoms with E-state index in [2.05, 4.69) is 26.1 Å². The molecule has 0 aliphatic rings. The molecule has 0 saturated heterocycles. The van der Waals surface area contributed by atoms with Crippen molar-refractivity contribution in [2.75, 3.05) is 0 Å². The fraction of sp³-hybridized carbons (Fsp3) is 0. The smallest absolute Gasteiger partial charge is 0.256 e. The molecule has 0 unspecified atom stereocenters. The number of furan rings is 1. The number of hydrazone groups is 1. The summed E-state index contributed by atoms with van der Waals surface area (Å²) in [6.45, 7) is 0. The Balaban J connectivity index is 2.24. The minimum absolute atomic E-state index is 0.0381. The molecule has 0 aliphatic carbocycles. The highest BCUT2D eigenvalue weighted by molar-refractivity contribution is 9.10. The molecule has 0 bridgehead atoms. The van der Waals surface area contributed by atoms with Gasteiger partial charge in [-0.25, -0.2) is 0 Å². The average Bonchev–Trinajstić information content (AvgIpc) is 2.78. The first-order valence-electron chi connectivity index (χ1n) is 5.19. The van der Waals surface area contributed by atoms with E-state index in [1.807, 2.05) is 36.4 Å². The van der Waals surface area contributed by atoms with Gasteiger partial charge in [-0.3, -0.25) is 0 Å². The topological polar surface area (TPSA) is 91.5 Å². The van der Waals surface area contributed by atoms with Crippen molar-refractivity contribution in [3.05, 3.63) is 46.6 Å². The van der Waals surface area contributed by atoms with Gasteiger partial charge < -0.3 is 15.9 Å². The van der Waals surface area contributed by atoms with Crippen LogP contribution in [0.1, 0.15) is 5.76 Å². The number of rotatable bonds is 3. The Kier molecular flexibility index (Phi) is 3.78. The molecule has 92 valence electrons. The van der Waals surface area contributed by atoms with E-state index in [0.29, 0.717) is 5.76 Å². The van der Waals surface area contributed by atoms with Gasteiger partial charge in [0.2, 0.25) is 6.21 Å². The summed E-state index contributed by atoms with van der Waals surface area (Å²) in [5, 5.41) is 6.20. The van der Waals surface area contributed by atoms with E-state index in [1.165, 1.54) is 0 Å². The molecule has 0 amide bonds. The zero-order valence-electron chi connectivity index (χ0n) is 9.43. The molecular formula is C12H12BrN4O+. The zero-order valence-corrected chi connectivity index (χ0v) is 11.0. The van der Waals surface area contributed by atoms with E-state index in [9.17, 15) is 0 Å². The highest BCUT2D eigenvalue weighted by atomic mass is 79.9. The predicted molar refractivity (Wildman–Crippen MR) is 73.8 cm³/mol. The van der Waals surface area contributed by atoms with Gasteiger partial charge in [-0.05, 0) is 18.2 Å². The standard InChI is InChI=1S/C12H11BrN4O/c13-10-4-2-1-3-9(10)11-6-5-8(18-11)7-16-17-12(14)15/h1-7H,(H4,14,15,17)/p+1/b16-7-. The number of halogens is 1. The molecule has 2 aromatic rings. The maximum Gasteiger partial charge on any atom is 0.256 e. The molecule has 0 fully saturated rings. The van der Waals surface area contributed by atoms with E-state index < -0.39 is 0 Å². The Morgan fingerprint density at radius 2 is 2.00 bits per heavy atom. The van der Waals surface area contributed by atoms with Gasteiger partial charge in [-0.1, -0.05) is 39.2 Å². The normalized spacial score (nSPS) is 10.7. The molecule has 0 saturated carbocycles. The molecule has 1 heterocycles. The fourth-order valence-electron chi connectivity index (χ4n) is 1.41. The Morgan fingerprint density at radius 3 is 2.72 bits per heavy atom. The van der Waals surface area contributed by atoms with Gasteiger partial charge >= 0.3 is 0 Å². The lowest BCUT2D eigenvalue weighted by Gasteiger charge is -1.98. The maximum absolute atomic E-state index is 5.63. The van der Waals surface area contributed by atoms with E-state index in [4.69, 9.17) is 15.9 Å². The van der Waals surface area contributed by atoms with Gasteiger partial charge in [-0.15, -0.1) is 0 Å². The summed E-state index contributed by atoms with van der Waals surface area (Å²) in [5.74, 6) is 1.36. The number of benzene rings is 1.